The number of carbonyl (C=O) groups is 2. The molecular weight excluding hydrogens is 224 g/mol. The summed E-state index contributed by atoms with van der Waals surface area (Å²) in [6.45, 7) is 2.78. The highest BCUT2D eigenvalue weighted by Gasteiger charge is 2.35. The number of rotatable bonds is 5. The van der Waals surface area contributed by atoms with Crippen LogP contribution in [0.3, 0.4) is 0 Å². The number of hydrogen-bond donors (Lipinski definition) is 1. The molecule has 0 radical (unpaired) electrons. The maximum Gasteiger partial charge on any atom is 0.326 e. The first kappa shape index (κ1) is 13.9. The lowest BCUT2D eigenvalue weighted by atomic mass is 10.1. The molecule has 1 saturated heterocycles. The quantitative estimate of drug-likeness (QED) is 0.699. The molecule has 0 aliphatic carbocycles. The van der Waals surface area contributed by atoms with Gasteiger partial charge in [0, 0.05) is 20.1 Å². The smallest absolute Gasteiger partial charge is 0.326 e. The van der Waals surface area contributed by atoms with Gasteiger partial charge in [-0.25, -0.2) is 4.79 Å². The van der Waals surface area contributed by atoms with Gasteiger partial charge in [0.1, 0.15) is 6.04 Å². The minimum absolute atomic E-state index is 0.112. The third-order valence-corrected chi connectivity index (χ3v) is 3.09. The summed E-state index contributed by atoms with van der Waals surface area (Å²) >= 11 is 0. The SMILES string of the molecule is CON(C)C[C@H](C)C(=O)N1CCC[C@@H]1C(=O)O. The Kier molecular flexibility index (Phi) is 4.89. The number of nitrogens with zero attached hydrogens (tertiary/aromatic N) is 2. The summed E-state index contributed by atoms with van der Waals surface area (Å²) in [4.78, 5) is 29.5. The van der Waals surface area contributed by atoms with E-state index in [4.69, 9.17) is 9.94 Å². The largest absolute Gasteiger partial charge is 0.480 e. The van der Waals surface area contributed by atoms with E-state index in [1.165, 1.54) is 12.0 Å². The molecule has 98 valence electrons. The van der Waals surface area contributed by atoms with Crippen molar-refractivity contribution < 1.29 is 19.5 Å². The number of carbonyl (C=O) groups excluding carboxylic acids is 1. The van der Waals surface area contributed by atoms with Crippen LogP contribution in [0.4, 0.5) is 0 Å². The number of carboxylic acids is 1. The summed E-state index contributed by atoms with van der Waals surface area (Å²) in [6, 6.07) is -0.655. The molecule has 6 heteroatoms. The Morgan fingerprint density at radius 3 is 2.76 bits per heavy atom. The highest BCUT2D eigenvalue weighted by molar-refractivity contribution is 5.85. The number of amides is 1. The molecule has 1 amide bonds. The van der Waals surface area contributed by atoms with Crippen LogP contribution < -0.4 is 0 Å². The van der Waals surface area contributed by atoms with Gasteiger partial charge in [-0.05, 0) is 12.8 Å². The van der Waals surface area contributed by atoms with Crippen molar-refractivity contribution in [2.75, 3.05) is 27.2 Å². The third-order valence-electron chi connectivity index (χ3n) is 3.09. The van der Waals surface area contributed by atoms with E-state index >= 15 is 0 Å². The molecule has 0 bridgehead atoms. The van der Waals surface area contributed by atoms with Gasteiger partial charge in [0.05, 0.1) is 13.0 Å². The van der Waals surface area contributed by atoms with Crippen LogP contribution in [0, 0.1) is 5.92 Å². The van der Waals surface area contributed by atoms with E-state index in [1.54, 1.807) is 19.0 Å². The Morgan fingerprint density at radius 2 is 2.24 bits per heavy atom. The van der Waals surface area contributed by atoms with Crippen molar-refractivity contribution >= 4 is 11.9 Å². The number of likely N-dealkylation sites (tertiary alicyclic amines) is 1. The Balaban J connectivity index is 2.59. The van der Waals surface area contributed by atoms with Crippen LogP contribution in [0.2, 0.25) is 0 Å². The minimum atomic E-state index is -0.914. The van der Waals surface area contributed by atoms with E-state index in [0.717, 1.165) is 6.42 Å². The predicted octanol–water partition coefficient (Wildman–Crippen LogP) is 0.191. The third kappa shape index (κ3) is 3.41. The predicted molar refractivity (Wildman–Crippen MR) is 61.2 cm³/mol. The van der Waals surface area contributed by atoms with E-state index < -0.39 is 12.0 Å². The van der Waals surface area contributed by atoms with Crippen LogP contribution in [0.5, 0.6) is 0 Å². The molecule has 17 heavy (non-hydrogen) atoms. The molecule has 1 fully saturated rings. The molecule has 0 spiro atoms. The van der Waals surface area contributed by atoms with Gasteiger partial charge in [-0.3, -0.25) is 4.79 Å². The first-order chi connectivity index (χ1) is 7.97. The van der Waals surface area contributed by atoms with E-state index in [-0.39, 0.29) is 11.8 Å². The average molecular weight is 244 g/mol. The van der Waals surface area contributed by atoms with Gasteiger partial charge in [-0.2, -0.15) is 5.06 Å². The first-order valence-electron chi connectivity index (χ1n) is 5.76. The second kappa shape index (κ2) is 5.97. The van der Waals surface area contributed by atoms with Crippen molar-refractivity contribution in [1.82, 2.24) is 9.96 Å². The van der Waals surface area contributed by atoms with Crippen LogP contribution in [0.25, 0.3) is 0 Å². The van der Waals surface area contributed by atoms with E-state index in [2.05, 4.69) is 0 Å². The van der Waals surface area contributed by atoms with Crippen molar-refractivity contribution in [1.29, 1.82) is 0 Å². The van der Waals surface area contributed by atoms with Gasteiger partial charge < -0.3 is 14.8 Å². The fraction of sp³-hybridized carbons (Fsp3) is 0.818. The van der Waals surface area contributed by atoms with Crippen molar-refractivity contribution in [3.63, 3.8) is 0 Å². The first-order valence-corrected chi connectivity index (χ1v) is 5.76. The van der Waals surface area contributed by atoms with Crippen LogP contribution in [0.15, 0.2) is 0 Å². The summed E-state index contributed by atoms with van der Waals surface area (Å²) in [7, 11) is 3.27. The summed E-state index contributed by atoms with van der Waals surface area (Å²) < 4.78 is 0. The summed E-state index contributed by atoms with van der Waals surface area (Å²) in [5.41, 5.74) is 0. The maximum absolute atomic E-state index is 12.1. The molecule has 1 aliphatic heterocycles. The highest BCUT2D eigenvalue weighted by Crippen LogP contribution is 2.20. The van der Waals surface area contributed by atoms with Crippen LogP contribution >= 0.6 is 0 Å². The zero-order valence-corrected chi connectivity index (χ0v) is 10.5. The molecule has 0 unspecified atom stereocenters. The summed E-state index contributed by atoms with van der Waals surface area (Å²) in [5, 5.41) is 10.6. The average Bonchev–Trinajstić information content (AvgIpc) is 2.76. The Labute approximate surface area is 101 Å². The fourth-order valence-corrected chi connectivity index (χ4v) is 2.11. The molecule has 2 atom stereocenters. The van der Waals surface area contributed by atoms with Crippen molar-refractivity contribution in [2.45, 2.75) is 25.8 Å². The maximum atomic E-state index is 12.1. The summed E-state index contributed by atoms with van der Waals surface area (Å²) in [5.74, 6) is -1.29. The second-order valence-electron chi connectivity index (χ2n) is 4.42. The van der Waals surface area contributed by atoms with E-state index in [9.17, 15) is 9.59 Å². The van der Waals surface area contributed by atoms with Gasteiger partial charge in [0.2, 0.25) is 5.91 Å². The molecule has 0 aromatic heterocycles. The second-order valence-corrected chi connectivity index (χ2v) is 4.42. The van der Waals surface area contributed by atoms with Crippen molar-refractivity contribution in [3.8, 4) is 0 Å². The highest BCUT2D eigenvalue weighted by atomic mass is 16.7. The van der Waals surface area contributed by atoms with Crippen molar-refractivity contribution in [3.05, 3.63) is 0 Å². The normalized spacial score (nSPS) is 21.9. The van der Waals surface area contributed by atoms with Gasteiger partial charge >= 0.3 is 5.97 Å². The van der Waals surface area contributed by atoms with Crippen LogP contribution in [-0.2, 0) is 14.4 Å². The Morgan fingerprint density at radius 1 is 1.59 bits per heavy atom. The Bertz CT molecular complexity index is 295. The van der Waals surface area contributed by atoms with Crippen molar-refractivity contribution in [2.24, 2.45) is 5.92 Å². The molecule has 1 aliphatic rings. The molecule has 0 saturated carbocycles. The lowest BCUT2D eigenvalue weighted by Gasteiger charge is -2.26. The van der Waals surface area contributed by atoms with E-state index in [1.807, 2.05) is 0 Å². The van der Waals surface area contributed by atoms with Gasteiger partial charge in [-0.15, -0.1) is 0 Å². The topological polar surface area (TPSA) is 70.1 Å². The minimum Gasteiger partial charge on any atom is -0.480 e. The summed E-state index contributed by atoms with van der Waals surface area (Å²) in [6.07, 6.45) is 1.31. The van der Waals surface area contributed by atoms with E-state index in [0.29, 0.717) is 19.5 Å². The molecule has 0 aromatic rings. The van der Waals surface area contributed by atoms with Crippen LogP contribution in [0.1, 0.15) is 19.8 Å². The molecule has 1 rings (SSSR count). The lowest BCUT2D eigenvalue weighted by molar-refractivity contribution is -0.154. The van der Waals surface area contributed by atoms with Gasteiger partial charge in [0.25, 0.3) is 0 Å². The monoisotopic (exact) mass is 244 g/mol. The standard InChI is InChI=1S/C11H20N2O4/c1-8(7-12(2)17-3)10(14)13-6-4-5-9(13)11(15)16/h8-9H,4-7H2,1-3H3,(H,15,16)/t8-,9+/m0/s1. The number of hydrogen-bond acceptors (Lipinski definition) is 4. The van der Waals surface area contributed by atoms with Gasteiger partial charge in [0.15, 0.2) is 0 Å². The molecule has 0 aromatic carbocycles. The number of carboxylic acid groups (broad SMARTS) is 1. The Hall–Kier alpha value is -1.14. The molecule has 1 heterocycles. The lowest BCUT2D eigenvalue weighted by Crippen LogP contribution is -2.45. The van der Waals surface area contributed by atoms with Crippen LogP contribution in [-0.4, -0.2) is 60.2 Å². The fourth-order valence-electron chi connectivity index (χ4n) is 2.11. The number of aliphatic carboxylic acids is 1. The number of hydroxylamine groups is 2. The molecule has 6 nitrogen and oxygen atoms in total. The molecule has 1 N–H and O–H groups in total. The zero-order valence-electron chi connectivity index (χ0n) is 10.5. The van der Waals surface area contributed by atoms with Gasteiger partial charge in [-0.1, -0.05) is 6.92 Å². The zero-order chi connectivity index (χ0) is 13.0. The molecular formula is C11H20N2O4.